The first-order valence-corrected chi connectivity index (χ1v) is 3.99. The quantitative estimate of drug-likeness (QED) is 0.459. The molecule has 0 aliphatic heterocycles. The van der Waals surface area contributed by atoms with Crippen LogP contribution < -0.4 is 0 Å². The van der Waals surface area contributed by atoms with Crippen molar-refractivity contribution in [2.24, 2.45) is 5.41 Å². The van der Waals surface area contributed by atoms with Crippen molar-refractivity contribution in [3.05, 3.63) is 24.3 Å². The van der Waals surface area contributed by atoms with Gasteiger partial charge in [-0.25, -0.2) is 0 Å². The normalized spacial score (nSPS) is 21.2. The van der Waals surface area contributed by atoms with Crippen molar-refractivity contribution in [3.8, 4) is 0 Å². The van der Waals surface area contributed by atoms with Crippen molar-refractivity contribution < 1.29 is 9.59 Å². The average Bonchev–Trinajstić information content (AvgIpc) is 2.30. The van der Waals surface area contributed by atoms with Crippen LogP contribution in [0.25, 0.3) is 0 Å². The maximum Gasteiger partial charge on any atom is 0.169 e. The maximum atomic E-state index is 11.3. The highest BCUT2D eigenvalue weighted by Gasteiger charge is 2.40. The standard InChI is InChI=1S/C10H12O2/c1-3-4-7-10(2)8(11)5-6-9(10)12/h3-6H,7H2,1-2H3/b4-3+. The van der Waals surface area contributed by atoms with Gasteiger partial charge in [-0.3, -0.25) is 9.59 Å². The number of allylic oxidation sites excluding steroid dienone is 4. The summed E-state index contributed by atoms with van der Waals surface area (Å²) in [5.41, 5.74) is -0.813. The Morgan fingerprint density at radius 1 is 1.33 bits per heavy atom. The summed E-state index contributed by atoms with van der Waals surface area (Å²) in [5.74, 6) is -0.156. The van der Waals surface area contributed by atoms with Crippen LogP contribution in [0.1, 0.15) is 20.3 Å². The molecule has 1 aliphatic rings. The summed E-state index contributed by atoms with van der Waals surface area (Å²) in [6.07, 6.45) is 6.94. The molecule has 0 N–H and O–H groups in total. The molecule has 0 saturated heterocycles. The third-order valence-corrected chi connectivity index (χ3v) is 2.24. The molecule has 2 heteroatoms. The van der Waals surface area contributed by atoms with Crippen LogP contribution in [0.4, 0.5) is 0 Å². The van der Waals surface area contributed by atoms with Gasteiger partial charge < -0.3 is 0 Å². The van der Waals surface area contributed by atoms with E-state index in [-0.39, 0.29) is 11.6 Å². The lowest BCUT2D eigenvalue weighted by molar-refractivity contribution is -0.132. The second-order valence-corrected chi connectivity index (χ2v) is 3.17. The number of carbonyl (C=O) groups is 2. The molecule has 2 nitrogen and oxygen atoms in total. The summed E-state index contributed by atoms with van der Waals surface area (Å²) in [6, 6.07) is 0. The summed E-state index contributed by atoms with van der Waals surface area (Å²) in [6.45, 7) is 3.57. The number of ketones is 2. The zero-order valence-electron chi connectivity index (χ0n) is 7.33. The molecule has 1 aliphatic carbocycles. The van der Waals surface area contributed by atoms with E-state index in [1.165, 1.54) is 12.2 Å². The van der Waals surface area contributed by atoms with E-state index in [2.05, 4.69) is 0 Å². The number of carbonyl (C=O) groups excluding carboxylic acids is 2. The molecule has 0 saturated carbocycles. The van der Waals surface area contributed by atoms with Gasteiger partial charge in [-0.1, -0.05) is 12.2 Å². The Bertz CT molecular complexity index is 254. The number of hydrogen-bond acceptors (Lipinski definition) is 2. The topological polar surface area (TPSA) is 34.1 Å². The Morgan fingerprint density at radius 2 is 1.83 bits per heavy atom. The van der Waals surface area contributed by atoms with Crippen LogP contribution in [-0.4, -0.2) is 11.6 Å². The van der Waals surface area contributed by atoms with Crippen molar-refractivity contribution in [1.82, 2.24) is 0 Å². The van der Waals surface area contributed by atoms with Gasteiger partial charge in [0.15, 0.2) is 11.6 Å². The minimum atomic E-state index is -0.813. The fourth-order valence-corrected chi connectivity index (χ4v) is 1.20. The van der Waals surface area contributed by atoms with Gasteiger partial charge >= 0.3 is 0 Å². The van der Waals surface area contributed by atoms with Crippen LogP contribution in [-0.2, 0) is 9.59 Å². The van der Waals surface area contributed by atoms with E-state index in [9.17, 15) is 9.59 Å². The van der Waals surface area contributed by atoms with E-state index >= 15 is 0 Å². The minimum Gasteiger partial charge on any atom is -0.294 e. The van der Waals surface area contributed by atoms with Gasteiger partial charge in [0.25, 0.3) is 0 Å². The van der Waals surface area contributed by atoms with E-state index in [1.54, 1.807) is 6.92 Å². The van der Waals surface area contributed by atoms with Gasteiger partial charge in [0.05, 0.1) is 5.41 Å². The highest BCUT2D eigenvalue weighted by atomic mass is 16.2. The molecule has 0 bridgehead atoms. The second kappa shape index (κ2) is 3.05. The predicted molar refractivity (Wildman–Crippen MR) is 46.7 cm³/mol. The largest absolute Gasteiger partial charge is 0.294 e. The summed E-state index contributed by atoms with van der Waals surface area (Å²) < 4.78 is 0. The molecule has 12 heavy (non-hydrogen) atoms. The third-order valence-electron chi connectivity index (χ3n) is 2.24. The monoisotopic (exact) mass is 164 g/mol. The van der Waals surface area contributed by atoms with Gasteiger partial charge in [0.2, 0.25) is 0 Å². The number of rotatable bonds is 2. The van der Waals surface area contributed by atoms with E-state index < -0.39 is 5.41 Å². The molecular weight excluding hydrogens is 152 g/mol. The number of hydrogen-bond donors (Lipinski definition) is 0. The first-order valence-electron chi connectivity index (χ1n) is 3.99. The van der Waals surface area contributed by atoms with Gasteiger partial charge in [-0.2, -0.15) is 0 Å². The maximum absolute atomic E-state index is 11.3. The summed E-state index contributed by atoms with van der Waals surface area (Å²) >= 11 is 0. The Kier molecular flexibility index (Phi) is 2.27. The van der Waals surface area contributed by atoms with Crippen LogP contribution in [0.15, 0.2) is 24.3 Å². The molecule has 1 rings (SSSR count). The second-order valence-electron chi connectivity index (χ2n) is 3.17. The molecule has 0 unspecified atom stereocenters. The molecule has 0 amide bonds. The minimum absolute atomic E-state index is 0.0781. The Hall–Kier alpha value is -1.18. The van der Waals surface area contributed by atoms with Crippen molar-refractivity contribution in [2.75, 3.05) is 0 Å². The zero-order valence-corrected chi connectivity index (χ0v) is 7.33. The summed E-state index contributed by atoms with van der Waals surface area (Å²) in [5, 5.41) is 0. The Morgan fingerprint density at radius 3 is 2.25 bits per heavy atom. The van der Waals surface area contributed by atoms with Crippen molar-refractivity contribution in [1.29, 1.82) is 0 Å². The molecule has 0 spiro atoms. The van der Waals surface area contributed by atoms with E-state index in [4.69, 9.17) is 0 Å². The fraction of sp³-hybridized carbons (Fsp3) is 0.400. The Balaban J connectivity index is 2.83. The molecule has 0 radical (unpaired) electrons. The van der Waals surface area contributed by atoms with Crippen LogP contribution in [0.5, 0.6) is 0 Å². The summed E-state index contributed by atoms with van der Waals surface area (Å²) in [4.78, 5) is 22.5. The van der Waals surface area contributed by atoms with Crippen molar-refractivity contribution in [2.45, 2.75) is 20.3 Å². The van der Waals surface area contributed by atoms with Crippen LogP contribution >= 0.6 is 0 Å². The molecule has 0 aromatic heterocycles. The van der Waals surface area contributed by atoms with E-state index in [0.717, 1.165) is 0 Å². The van der Waals surface area contributed by atoms with Gasteiger partial charge in [-0.05, 0) is 32.4 Å². The smallest absolute Gasteiger partial charge is 0.169 e. The highest BCUT2D eigenvalue weighted by Crippen LogP contribution is 2.30. The molecule has 0 atom stereocenters. The van der Waals surface area contributed by atoms with Crippen LogP contribution in [0.2, 0.25) is 0 Å². The van der Waals surface area contributed by atoms with Gasteiger partial charge in [0.1, 0.15) is 0 Å². The molecule has 0 heterocycles. The average molecular weight is 164 g/mol. The SMILES string of the molecule is C/C=C/CC1(C)C(=O)C=CC1=O. The molecule has 64 valence electrons. The molecule has 0 fully saturated rings. The van der Waals surface area contributed by atoms with Crippen molar-refractivity contribution in [3.63, 3.8) is 0 Å². The molecule has 0 aromatic rings. The first-order chi connectivity index (χ1) is 5.61. The molecular formula is C10H12O2. The van der Waals surface area contributed by atoms with Gasteiger partial charge in [-0.15, -0.1) is 0 Å². The van der Waals surface area contributed by atoms with Crippen molar-refractivity contribution >= 4 is 11.6 Å². The summed E-state index contributed by atoms with van der Waals surface area (Å²) in [7, 11) is 0. The van der Waals surface area contributed by atoms with Crippen LogP contribution in [0, 0.1) is 5.41 Å². The lowest BCUT2D eigenvalue weighted by atomic mass is 9.82. The fourth-order valence-electron chi connectivity index (χ4n) is 1.20. The van der Waals surface area contributed by atoms with Gasteiger partial charge in [0, 0.05) is 0 Å². The van der Waals surface area contributed by atoms with Crippen LogP contribution in [0.3, 0.4) is 0 Å². The lowest BCUT2D eigenvalue weighted by Gasteiger charge is -2.17. The lowest BCUT2D eigenvalue weighted by Crippen LogP contribution is -2.29. The third kappa shape index (κ3) is 1.24. The molecule has 0 aromatic carbocycles. The first kappa shape index (κ1) is 8.91. The van der Waals surface area contributed by atoms with E-state index in [0.29, 0.717) is 6.42 Å². The van der Waals surface area contributed by atoms with E-state index in [1.807, 2.05) is 19.1 Å². The predicted octanol–water partition coefficient (Wildman–Crippen LogP) is 1.67. The highest BCUT2D eigenvalue weighted by molar-refractivity contribution is 6.22. The zero-order chi connectivity index (χ0) is 9.19. The Labute approximate surface area is 72.0 Å².